The van der Waals surface area contributed by atoms with Gasteiger partial charge in [-0.25, -0.2) is 0 Å². The van der Waals surface area contributed by atoms with Crippen LogP contribution in [0.5, 0.6) is 0 Å². The zero-order valence-corrected chi connectivity index (χ0v) is 9.25. The predicted molar refractivity (Wildman–Crippen MR) is 60.0 cm³/mol. The predicted octanol–water partition coefficient (Wildman–Crippen LogP) is 0.872. The maximum absolute atomic E-state index is 11.8. The highest BCUT2D eigenvalue weighted by molar-refractivity contribution is 5.23. The van der Waals surface area contributed by atoms with Crippen LogP contribution in [0.4, 0.5) is 0 Å². The third-order valence-electron chi connectivity index (χ3n) is 3.32. The van der Waals surface area contributed by atoms with Gasteiger partial charge < -0.3 is 5.73 Å². The zero-order valence-electron chi connectivity index (χ0n) is 9.25. The first-order valence-electron chi connectivity index (χ1n) is 5.72. The van der Waals surface area contributed by atoms with Crippen LogP contribution in [-0.4, -0.2) is 16.3 Å². The van der Waals surface area contributed by atoms with Crippen LogP contribution < -0.4 is 11.3 Å². The number of H-pyrrole nitrogens is 1. The molecule has 4 nitrogen and oxygen atoms in total. The van der Waals surface area contributed by atoms with Gasteiger partial charge in [0.2, 0.25) is 0 Å². The summed E-state index contributed by atoms with van der Waals surface area (Å²) in [6, 6.07) is 0. The highest BCUT2D eigenvalue weighted by Gasteiger charge is 2.25. The Bertz CT molecular complexity index is 387. The van der Waals surface area contributed by atoms with E-state index in [4.69, 9.17) is 5.73 Å². The lowest BCUT2D eigenvalue weighted by Gasteiger charge is -2.25. The van der Waals surface area contributed by atoms with Gasteiger partial charge in [0, 0.05) is 24.2 Å². The largest absolute Gasteiger partial charge is 0.330 e. The number of aromatic amines is 1. The third kappa shape index (κ3) is 1.86. The lowest BCUT2D eigenvalue weighted by atomic mass is 9.81. The van der Waals surface area contributed by atoms with E-state index in [1.807, 2.05) is 0 Å². The number of aryl methyl sites for hydroxylation is 1. The average molecular weight is 209 g/mol. The second kappa shape index (κ2) is 4.23. The molecule has 1 fully saturated rings. The summed E-state index contributed by atoms with van der Waals surface area (Å²) in [6.45, 7) is 0.651. The normalized spacial score (nSPS) is 16.7. The van der Waals surface area contributed by atoms with Crippen LogP contribution in [0.1, 0.15) is 42.9 Å². The van der Waals surface area contributed by atoms with Crippen LogP contribution in [-0.2, 0) is 13.5 Å². The number of aromatic nitrogens is 2. The molecule has 0 saturated heterocycles. The van der Waals surface area contributed by atoms with Crippen molar-refractivity contribution in [3.05, 3.63) is 21.6 Å². The van der Waals surface area contributed by atoms with Crippen molar-refractivity contribution in [2.45, 2.75) is 38.0 Å². The molecule has 1 aliphatic rings. The Kier molecular flexibility index (Phi) is 2.95. The van der Waals surface area contributed by atoms with Gasteiger partial charge in [-0.1, -0.05) is 6.42 Å². The Hall–Kier alpha value is -1.03. The van der Waals surface area contributed by atoms with Crippen molar-refractivity contribution >= 4 is 0 Å². The molecule has 0 bridgehead atoms. The molecule has 0 aromatic carbocycles. The molecule has 0 radical (unpaired) electrons. The van der Waals surface area contributed by atoms with Gasteiger partial charge >= 0.3 is 0 Å². The summed E-state index contributed by atoms with van der Waals surface area (Å²) in [5.74, 6) is 0.590. The standard InChI is InChI=1S/C11H19N3O/c1-14-11(15)9(6-3-7-12)10(13-14)8-4-2-5-8/h8,13H,2-7,12H2,1H3. The summed E-state index contributed by atoms with van der Waals surface area (Å²) >= 11 is 0. The van der Waals surface area contributed by atoms with Crippen LogP contribution in [0.3, 0.4) is 0 Å². The van der Waals surface area contributed by atoms with Crippen molar-refractivity contribution in [2.75, 3.05) is 6.54 Å². The van der Waals surface area contributed by atoms with E-state index in [0.29, 0.717) is 12.5 Å². The van der Waals surface area contributed by atoms with Crippen LogP contribution in [0.15, 0.2) is 4.79 Å². The van der Waals surface area contributed by atoms with E-state index < -0.39 is 0 Å². The molecule has 0 atom stereocenters. The maximum Gasteiger partial charge on any atom is 0.269 e. The molecule has 0 unspecified atom stereocenters. The Labute approximate surface area is 89.5 Å². The fourth-order valence-electron chi connectivity index (χ4n) is 2.17. The summed E-state index contributed by atoms with van der Waals surface area (Å²) < 4.78 is 1.60. The van der Waals surface area contributed by atoms with Crippen molar-refractivity contribution in [3.63, 3.8) is 0 Å². The number of rotatable bonds is 4. The first kappa shape index (κ1) is 10.5. The van der Waals surface area contributed by atoms with E-state index in [0.717, 1.165) is 18.4 Å². The molecular formula is C11H19N3O. The number of hydrogen-bond acceptors (Lipinski definition) is 2. The Balaban J connectivity index is 2.26. The van der Waals surface area contributed by atoms with Gasteiger partial charge in [0.1, 0.15) is 0 Å². The Morgan fingerprint density at radius 3 is 2.80 bits per heavy atom. The van der Waals surface area contributed by atoms with Crippen LogP contribution in [0, 0.1) is 0 Å². The van der Waals surface area contributed by atoms with E-state index in [1.165, 1.54) is 25.0 Å². The Morgan fingerprint density at radius 1 is 1.53 bits per heavy atom. The van der Waals surface area contributed by atoms with Crippen molar-refractivity contribution < 1.29 is 0 Å². The SMILES string of the molecule is Cn1[nH]c(C2CCC2)c(CCCN)c1=O. The van der Waals surface area contributed by atoms with Crippen molar-refractivity contribution in [1.82, 2.24) is 9.78 Å². The second-order valence-corrected chi connectivity index (χ2v) is 4.39. The maximum atomic E-state index is 11.8. The van der Waals surface area contributed by atoms with E-state index in [2.05, 4.69) is 5.10 Å². The molecule has 1 aromatic heterocycles. The molecule has 1 saturated carbocycles. The fraction of sp³-hybridized carbons (Fsp3) is 0.727. The summed E-state index contributed by atoms with van der Waals surface area (Å²) in [7, 11) is 1.79. The number of nitrogens with two attached hydrogens (primary N) is 1. The van der Waals surface area contributed by atoms with Crippen molar-refractivity contribution in [1.29, 1.82) is 0 Å². The van der Waals surface area contributed by atoms with Crippen molar-refractivity contribution in [2.24, 2.45) is 12.8 Å². The third-order valence-corrected chi connectivity index (χ3v) is 3.32. The summed E-state index contributed by atoms with van der Waals surface area (Å²) in [6.07, 6.45) is 5.44. The van der Waals surface area contributed by atoms with E-state index in [1.54, 1.807) is 11.7 Å². The molecule has 1 heterocycles. The highest BCUT2D eigenvalue weighted by atomic mass is 16.1. The molecule has 3 N–H and O–H groups in total. The summed E-state index contributed by atoms with van der Waals surface area (Å²) in [5, 5.41) is 3.19. The number of nitrogens with one attached hydrogen (secondary N) is 1. The second-order valence-electron chi connectivity index (χ2n) is 4.39. The minimum Gasteiger partial charge on any atom is -0.330 e. The smallest absolute Gasteiger partial charge is 0.269 e. The molecular weight excluding hydrogens is 190 g/mol. The van der Waals surface area contributed by atoms with Gasteiger partial charge in [0.05, 0.1) is 0 Å². The molecule has 2 rings (SSSR count). The van der Waals surface area contributed by atoms with Gasteiger partial charge in [-0.3, -0.25) is 14.6 Å². The summed E-state index contributed by atoms with van der Waals surface area (Å²) in [5.41, 5.74) is 7.75. The van der Waals surface area contributed by atoms with Crippen LogP contribution in [0.25, 0.3) is 0 Å². The molecule has 0 spiro atoms. The van der Waals surface area contributed by atoms with Gasteiger partial charge in [-0.05, 0) is 32.2 Å². The van der Waals surface area contributed by atoms with Gasteiger partial charge in [0.25, 0.3) is 5.56 Å². The number of nitrogens with zero attached hydrogens (tertiary/aromatic N) is 1. The lowest BCUT2D eigenvalue weighted by molar-refractivity contribution is 0.405. The van der Waals surface area contributed by atoms with E-state index in [-0.39, 0.29) is 5.56 Å². The molecule has 1 aliphatic carbocycles. The van der Waals surface area contributed by atoms with Crippen LogP contribution in [0.2, 0.25) is 0 Å². The molecule has 0 amide bonds. The lowest BCUT2D eigenvalue weighted by Crippen LogP contribution is -2.17. The minimum absolute atomic E-state index is 0.130. The van der Waals surface area contributed by atoms with Crippen LogP contribution >= 0.6 is 0 Å². The molecule has 84 valence electrons. The topological polar surface area (TPSA) is 63.8 Å². The number of hydrogen-bond donors (Lipinski definition) is 2. The van der Waals surface area contributed by atoms with Crippen molar-refractivity contribution in [3.8, 4) is 0 Å². The monoisotopic (exact) mass is 209 g/mol. The first-order valence-corrected chi connectivity index (χ1v) is 5.72. The molecule has 0 aliphatic heterocycles. The molecule has 15 heavy (non-hydrogen) atoms. The highest BCUT2D eigenvalue weighted by Crippen LogP contribution is 2.36. The zero-order chi connectivity index (χ0) is 10.8. The quantitative estimate of drug-likeness (QED) is 0.773. The molecule has 1 aromatic rings. The average Bonchev–Trinajstić information content (AvgIpc) is 2.39. The minimum atomic E-state index is 0.130. The van der Waals surface area contributed by atoms with Gasteiger partial charge in [-0.2, -0.15) is 0 Å². The van der Waals surface area contributed by atoms with Gasteiger partial charge in [-0.15, -0.1) is 0 Å². The molecule has 4 heteroatoms. The van der Waals surface area contributed by atoms with E-state index in [9.17, 15) is 4.79 Å². The summed E-state index contributed by atoms with van der Waals surface area (Å²) in [4.78, 5) is 11.8. The van der Waals surface area contributed by atoms with E-state index >= 15 is 0 Å². The van der Waals surface area contributed by atoms with Gasteiger partial charge in [0.15, 0.2) is 0 Å². The fourth-order valence-corrected chi connectivity index (χ4v) is 2.17. The Morgan fingerprint density at radius 2 is 2.27 bits per heavy atom. The first-order chi connectivity index (χ1) is 7.24.